The number of halogens is 1. The number of hydrogen-bond acceptors (Lipinski definition) is 7. The van der Waals surface area contributed by atoms with Gasteiger partial charge in [0, 0.05) is 54.2 Å². The predicted molar refractivity (Wildman–Crippen MR) is 143 cm³/mol. The van der Waals surface area contributed by atoms with Crippen molar-refractivity contribution in [3.05, 3.63) is 71.2 Å². The summed E-state index contributed by atoms with van der Waals surface area (Å²) in [4.78, 5) is 15.0. The van der Waals surface area contributed by atoms with E-state index in [2.05, 4.69) is 10.2 Å². The second-order valence-corrected chi connectivity index (χ2v) is 10.6. The summed E-state index contributed by atoms with van der Waals surface area (Å²) in [7, 11) is 0.489. The summed E-state index contributed by atoms with van der Waals surface area (Å²) in [6.07, 6.45) is 0. The third-order valence-electron chi connectivity index (χ3n) is 6.10. The first-order chi connectivity index (χ1) is 17.8. The number of rotatable bonds is 8. The van der Waals surface area contributed by atoms with Crippen molar-refractivity contribution in [2.75, 3.05) is 57.7 Å². The highest BCUT2D eigenvalue weighted by molar-refractivity contribution is 7.89. The molecule has 0 bridgehead atoms. The highest BCUT2D eigenvalue weighted by Gasteiger charge is 2.32. The molecular formula is C26H28ClN3O6S. The van der Waals surface area contributed by atoms with Crippen molar-refractivity contribution in [3.63, 3.8) is 0 Å². The lowest BCUT2D eigenvalue weighted by Crippen LogP contribution is -2.48. The van der Waals surface area contributed by atoms with Gasteiger partial charge in [-0.25, -0.2) is 8.42 Å². The number of amides is 1. The first-order valence-electron chi connectivity index (χ1n) is 11.5. The highest BCUT2D eigenvalue weighted by Crippen LogP contribution is 2.32. The first kappa shape index (κ1) is 26.6. The van der Waals surface area contributed by atoms with E-state index >= 15 is 0 Å². The Kier molecular flexibility index (Phi) is 8.11. The molecule has 3 aromatic carbocycles. The van der Waals surface area contributed by atoms with Crippen molar-refractivity contribution in [2.45, 2.75) is 4.90 Å². The van der Waals surface area contributed by atoms with E-state index < -0.39 is 15.9 Å². The number of ether oxygens (including phenoxy) is 3. The molecule has 1 aliphatic rings. The summed E-state index contributed by atoms with van der Waals surface area (Å²) in [5, 5.41) is 3.39. The van der Waals surface area contributed by atoms with Gasteiger partial charge in [0.15, 0.2) is 11.5 Å². The van der Waals surface area contributed by atoms with Crippen LogP contribution in [0.2, 0.25) is 5.02 Å². The number of benzene rings is 3. The number of sulfonamides is 1. The molecule has 0 atom stereocenters. The van der Waals surface area contributed by atoms with E-state index in [0.717, 1.165) is 5.69 Å². The summed E-state index contributed by atoms with van der Waals surface area (Å²) >= 11 is 6.11. The SMILES string of the molecule is COc1ccc(NC(=O)c2ccc(OC)c(S(=O)(=O)N3CCN(c4cccc(Cl)c4)CC3)c2)cc1OC. The van der Waals surface area contributed by atoms with Crippen molar-refractivity contribution in [2.24, 2.45) is 0 Å². The van der Waals surface area contributed by atoms with Crippen LogP contribution in [-0.2, 0) is 10.0 Å². The highest BCUT2D eigenvalue weighted by atomic mass is 35.5. The van der Waals surface area contributed by atoms with Crippen LogP contribution in [0, 0.1) is 0 Å². The maximum Gasteiger partial charge on any atom is 0.255 e. The van der Waals surface area contributed by atoms with Gasteiger partial charge in [-0.15, -0.1) is 0 Å². The van der Waals surface area contributed by atoms with E-state index in [-0.39, 0.29) is 29.3 Å². The minimum absolute atomic E-state index is 0.0637. The Labute approximate surface area is 221 Å². The molecule has 11 heteroatoms. The summed E-state index contributed by atoms with van der Waals surface area (Å²) < 4.78 is 44.4. The number of carbonyl (C=O) groups excluding carboxylic acids is 1. The molecule has 0 radical (unpaired) electrons. The van der Waals surface area contributed by atoms with Crippen molar-refractivity contribution >= 4 is 38.9 Å². The topological polar surface area (TPSA) is 97.4 Å². The fourth-order valence-corrected chi connectivity index (χ4v) is 5.92. The number of piperazine rings is 1. The predicted octanol–water partition coefficient (Wildman–Crippen LogP) is 4.13. The molecule has 0 unspecified atom stereocenters. The van der Waals surface area contributed by atoms with E-state index in [1.807, 2.05) is 18.2 Å². The molecule has 3 aromatic rings. The van der Waals surface area contributed by atoms with Gasteiger partial charge in [-0.3, -0.25) is 4.79 Å². The van der Waals surface area contributed by atoms with Crippen LogP contribution in [0.3, 0.4) is 0 Å². The van der Waals surface area contributed by atoms with Gasteiger partial charge in [-0.05, 0) is 48.5 Å². The van der Waals surface area contributed by atoms with Gasteiger partial charge in [0.2, 0.25) is 10.0 Å². The zero-order valence-corrected chi connectivity index (χ0v) is 22.3. The average molecular weight is 546 g/mol. The largest absolute Gasteiger partial charge is 0.495 e. The fourth-order valence-electron chi connectivity index (χ4n) is 4.14. The fraction of sp³-hybridized carbons (Fsp3) is 0.269. The number of nitrogens with zero attached hydrogens (tertiary/aromatic N) is 2. The van der Waals surface area contributed by atoms with Gasteiger partial charge in [-0.2, -0.15) is 4.31 Å². The van der Waals surface area contributed by atoms with Gasteiger partial charge in [0.1, 0.15) is 10.6 Å². The van der Waals surface area contributed by atoms with E-state index in [9.17, 15) is 13.2 Å². The molecule has 0 aromatic heterocycles. The molecule has 196 valence electrons. The van der Waals surface area contributed by atoms with Crippen LogP contribution >= 0.6 is 11.6 Å². The molecule has 1 N–H and O–H groups in total. The third kappa shape index (κ3) is 5.76. The Morgan fingerprint density at radius 3 is 2.16 bits per heavy atom. The molecule has 0 aliphatic carbocycles. The first-order valence-corrected chi connectivity index (χ1v) is 13.3. The van der Waals surface area contributed by atoms with Crippen LogP contribution in [0.15, 0.2) is 65.6 Å². The van der Waals surface area contributed by atoms with E-state index in [1.54, 1.807) is 24.3 Å². The standard InChI is InChI=1S/C26H28ClN3O6S/c1-34-22-10-8-20(17-24(22)36-3)28-26(31)18-7-9-23(35-2)25(15-18)37(32,33)30-13-11-29(12-14-30)21-6-4-5-19(27)16-21/h4-10,15-17H,11-14H2,1-3H3,(H,28,31). The van der Waals surface area contributed by atoms with Crippen molar-refractivity contribution in [1.29, 1.82) is 0 Å². The van der Waals surface area contributed by atoms with E-state index in [0.29, 0.717) is 35.3 Å². The van der Waals surface area contributed by atoms with Crippen molar-refractivity contribution < 1.29 is 27.4 Å². The zero-order chi connectivity index (χ0) is 26.6. The average Bonchev–Trinajstić information content (AvgIpc) is 2.92. The smallest absolute Gasteiger partial charge is 0.255 e. The molecule has 1 saturated heterocycles. The molecule has 9 nitrogen and oxygen atoms in total. The summed E-state index contributed by atoms with van der Waals surface area (Å²) in [5.41, 5.74) is 1.59. The van der Waals surface area contributed by atoms with Crippen LogP contribution < -0.4 is 24.4 Å². The van der Waals surface area contributed by atoms with E-state index in [1.165, 1.54) is 43.8 Å². The summed E-state index contributed by atoms with van der Waals surface area (Å²) in [6.45, 7) is 1.56. The Hall–Kier alpha value is -3.47. The van der Waals surface area contributed by atoms with Gasteiger partial charge in [0.05, 0.1) is 21.3 Å². The quantitative estimate of drug-likeness (QED) is 0.454. The lowest BCUT2D eigenvalue weighted by atomic mass is 10.2. The van der Waals surface area contributed by atoms with Gasteiger partial charge < -0.3 is 24.4 Å². The van der Waals surface area contributed by atoms with Crippen molar-refractivity contribution in [1.82, 2.24) is 4.31 Å². The lowest BCUT2D eigenvalue weighted by molar-refractivity contribution is 0.102. The number of hydrogen-bond donors (Lipinski definition) is 1. The number of nitrogens with one attached hydrogen (secondary N) is 1. The molecule has 1 amide bonds. The van der Waals surface area contributed by atoms with Crippen LogP contribution in [0.1, 0.15) is 10.4 Å². The molecule has 1 heterocycles. The summed E-state index contributed by atoms with van der Waals surface area (Å²) in [5.74, 6) is 0.668. The third-order valence-corrected chi connectivity index (χ3v) is 8.25. The Morgan fingerprint density at radius 1 is 0.838 bits per heavy atom. The number of methoxy groups -OCH3 is 3. The van der Waals surface area contributed by atoms with Crippen LogP contribution in [-0.4, -0.2) is 66.1 Å². The minimum atomic E-state index is -3.93. The molecule has 0 spiro atoms. The van der Waals surface area contributed by atoms with Gasteiger partial charge in [0.25, 0.3) is 5.91 Å². The maximum atomic E-state index is 13.6. The van der Waals surface area contributed by atoms with Crippen molar-refractivity contribution in [3.8, 4) is 17.2 Å². The Morgan fingerprint density at radius 2 is 1.51 bits per heavy atom. The molecular weight excluding hydrogens is 518 g/mol. The normalized spacial score (nSPS) is 14.2. The second-order valence-electron chi connectivity index (χ2n) is 8.26. The molecule has 1 fully saturated rings. The van der Waals surface area contributed by atoms with Crippen LogP contribution in [0.4, 0.5) is 11.4 Å². The molecule has 1 aliphatic heterocycles. The molecule has 4 rings (SSSR count). The lowest BCUT2D eigenvalue weighted by Gasteiger charge is -2.35. The molecule has 0 saturated carbocycles. The number of anilines is 2. The number of carbonyl (C=O) groups is 1. The second kappa shape index (κ2) is 11.3. The van der Waals surface area contributed by atoms with E-state index in [4.69, 9.17) is 25.8 Å². The monoisotopic (exact) mass is 545 g/mol. The summed E-state index contributed by atoms with van der Waals surface area (Å²) in [6, 6.07) is 16.8. The van der Waals surface area contributed by atoms with Gasteiger partial charge >= 0.3 is 0 Å². The van der Waals surface area contributed by atoms with Crippen LogP contribution in [0.5, 0.6) is 17.2 Å². The maximum absolute atomic E-state index is 13.6. The van der Waals surface area contributed by atoms with Gasteiger partial charge in [-0.1, -0.05) is 17.7 Å². The Balaban J connectivity index is 1.54. The van der Waals surface area contributed by atoms with Crippen LogP contribution in [0.25, 0.3) is 0 Å². The Bertz CT molecular complexity index is 1390. The molecule has 37 heavy (non-hydrogen) atoms. The zero-order valence-electron chi connectivity index (χ0n) is 20.7. The minimum Gasteiger partial charge on any atom is -0.495 e.